The number of aromatic nitrogens is 1. The minimum Gasteiger partial charge on any atom is -0.358 e. The van der Waals surface area contributed by atoms with Crippen molar-refractivity contribution in [1.29, 1.82) is 0 Å². The van der Waals surface area contributed by atoms with Crippen LogP contribution >= 0.6 is 0 Å². The van der Waals surface area contributed by atoms with Crippen LogP contribution in [0.3, 0.4) is 0 Å². The standard InChI is InChI=1S/C26H19F3N2/c1-15-23(19-7-3-5-9-21(19)30-15)25(17-11-13-18(14-12-17)26(27,28)29)24-16(2)31-22-10-6-4-8-20(22)24/h3-14,30H,1-2H3. The van der Waals surface area contributed by atoms with Crippen molar-refractivity contribution in [3.05, 3.63) is 101 Å². The zero-order chi connectivity index (χ0) is 21.8. The van der Waals surface area contributed by atoms with Gasteiger partial charge in [0.05, 0.1) is 11.3 Å². The number of hydrogen-bond donors (Lipinski definition) is 1. The molecule has 0 fully saturated rings. The van der Waals surface area contributed by atoms with Gasteiger partial charge in [0.15, 0.2) is 0 Å². The number of nitrogens with one attached hydrogen (secondary N) is 1. The Hall–Kier alpha value is -3.60. The van der Waals surface area contributed by atoms with Gasteiger partial charge in [0.25, 0.3) is 0 Å². The van der Waals surface area contributed by atoms with Crippen molar-refractivity contribution in [2.45, 2.75) is 20.0 Å². The number of para-hydroxylation sites is 2. The number of rotatable bonds is 2. The molecule has 5 heteroatoms. The first kappa shape index (κ1) is 19.4. The third-order valence-corrected chi connectivity index (χ3v) is 5.72. The van der Waals surface area contributed by atoms with E-state index in [9.17, 15) is 13.2 Å². The van der Waals surface area contributed by atoms with E-state index in [4.69, 9.17) is 4.99 Å². The van der Waals surface area contributed by atoms with Gasteiger partial charge in [0, 0.05) is 44.6 Å². The smallest absolute Gasteiger partial charge is 0.358 e. The maximum absolute atomic E-state index is 13.2. The number of aliphatic imine (C=N–C) groups is 1. The number of nitrogens with zero attached hydrogens (tertiary/aromatic N) is 1. The van der Waals surface area contributed by atoms with Crippen molar-refractivity contribution in [3.8, 4) is 0 Å². The third-order valence-electron chi connectivity index (χ3n) is 5.72. The van der Waals surface area contributed by atoms with Crippen LogP contribution in [0.1, 0.15) is 34.9 Å². The molecule has 2 heterocycles. The summed E-state index contributed by atoms with van der Waals surface area (Å²) in [5.74, 6) is 0. The number of hydrogen-bond acceptors (Lipinski definition) is 1. The Morgan fingerprint density at radius 2 is 1.52 bits per heavy atom. The van der Waals surface area contributed by atoms with Crippen LogP contribution in [0.25, 0.3) is 22.0 Å². The summed E-state index contributed by atoms with van der Waals surface area (Å²) in [7, 11) is 0. The molecule has 4 aromatic rings. The van der Waals surface area contributed by atoms with Gasteiger partial charge in [-0.2, -0.15) is 13.2 Å². The van der Waals surface area contributed by atoms with Gasteiger partial charge in [-0.3, -0.25) is 4.99 Å². The fourth-order valence-electron chi connectivity index (χ4n) is 4.37. The van der Waals surface area contributed by atoms with Crippen molar-refractivity contribution in [1.82, 2.24) is 4.98 Å². The van der Waals surface area contributed by atoms with Gasteiger partial charge in [0.1, 0.15) is 0 Å². The number of fused-ring (bicyclic) bond motifs is 2. The number of halogens is 3. The van der Waals surface area contributed by atoms with Crippen LogP contribution in [-0.4, -0.2) is 10.7 Å². The molecule has 1 aromatic heterocycles. The largest absolute Gasteiger partial charge is 0.416 e. The predicted molar refractivity (Wildman–Crippen MR) is 120 cm³/mol. The molecule has 0 unspecified atom stereocenters. The molecule has 0 radical (unpaired) electrons. The lowest BCUT2D eigenvalue weighted by Gasteiger charge is -2.16. The average molecular weight is 416 g/mol. The molecule has 0 aliphatic carbocycles. The SMILES string of the molecule is CC1=Nc2ccccc2C1=C(c1ccc(C(F)(F)F)cc1)c1c(C)[nH]c2ccccc12. The molecule has 0 saturated carbocycles. The van der Waals surface area contributed by atoms with E-state index < -0.39 is 11.7 Å². The Morgan fingerprint density at radius 1 is 0.839 bits per heavy atom. The molecular weight excluding hydrogens is 397 g/mol. The minimum absolute atomic E-state index is 0.659. The fraction of sp³-hybridized carbons (Fsp3) is 0.115. The Labute approximate surface area is 177 Å². The summed E-state index contributed by atoms with van der Waals surface area (Å²) in [6, 6.07) is 21.2. The highest BCUT2D eigenvalue weighted by Crippen LogP contribution is 2.44. The summed E-state index contributed by atoms with van der Waals surface area (Å²) in [4.78, 5) is 8.15. The van der Waals surface area contributed by atoms with Crippen molar-refractivity contribution < 1.29 is 13.2 Å². The highest BCUT2D eigenvalue weighted by atomic mass is 19.4. The lowest BCUT2D eigenvalue weighted by atomic mass is 9.86. The van der Waals surface area contributed by atoms with E-state index >= 15 is 0 Å². The normalized spacial score (nSPS) is 15.2. The first-order valence-electron chi connectivity index (χ1n) is 9.99. The van der Waals surface area contributed by atoms with Gasteiger partial charge >= 0.3 is 6.18 Å². The summed E-state index contributed by atoms with van der Waals surface area (Å²) < 4.78 is 39.6. The van der Waals surface area contributed by atoms with E-state index in [1.165, 1.54) is 0 Å². The molecule has 2 nitrogen and oxygen atoms in total. The molecule has 0 bridgehead atoms. The fourth-order valence-corrected chi connectivity index (χ4v) is 4.37. The maximum Gasteiger partial charge on any atom is 0.416 e. The third kappa shape index (κ3) is 3.17. The van der Waals surface area contributed by atoms with E-state index in [-0.39, 0.29) is 0 Å². The molecule has 5 rings (SSSR count). The van der Waals surface area contributed by atoms with Crippen LogP contribution in [-0.2, 0) is 6.18 Å². The van der Waals surface area contributed by atoms with E-state index in [0.29, 0.717) is 0 Å². The van der Waals surface area contributed by atoms with Gasteiger partial charge in [-0.1, -0.05) is 48.5 Å². The molecule has 0 atom stereocenters. The summed E-state index contributed by atoms with van der Waals surface area (Å²) in [6.07, 6.45) is -4.38. The summed E-state index contributed by atoms with van der Waals surface area (Å²) in [5.41, 5.74) is 7.53. The molecule has 0 saturated heterocycles. The molecule has 1 aliphatic rings. The van der Waals surface area contributed by atoms with Crippen LogP contribution in [0.4, 0.5) is 18.9 Å². The Morgan fingerprint density at radius 3 is 2.26 bits per heavy atom. The van der Waals surface area contributed by atoms with Gasteiger partial charge in [0.2, 0.25) is 0 Å². The molecule has 0 spiro atoms. The van der Waals surface area contributed by atoms with Gasteiger partial charge in [-0.25, -0.2) is 0 Å². The topological polar surface area (TPSA) is 28.1 Å². The number of alkyl halides is 3. The van der Waals surface area contributed by atoms with Gasteiger partial charge < -0.3 is 4.98 Å². The minimum atomic E-state index is -4.38. The predicted octanol–water partition coefficient (Wildman–Crippen LogP) is 7.56. The average Bonchev–Trinajstić information content (AvgIpc) is 3.25. The van der Waals surface area contributed by atoms with Crippen molar-refractivity contribution in [3.63, 3.8) is 0 Å². The molecule has 0 amide bonds. The van der Waals surface area contributed by atoms with Crippen LogP contribution in [0, 0.1) is 6.92 Å². The van der Waals surface area contributed by atoms with Gasteiger partial charge in [-0.15, -0.1) is 0 Å². The van der Waals surface area contributed by atoms with E-state index in [2.05, 4.69) is 4.98 Å². The maximum atomic E-state index is 13.2. The van der Waals surface area contributed by atoms with Crippen LogP contribution in [0.5, 0.6) is 0 Å². The summed E-state index contributed by atoms with van der Waals surface area (Å²) in [6.45, 7) is 3.94. The monoisotopic (exact) mass is 416 g/mol. The lowest BCUT2D eigenvalue weighted by molar-refractivity contribution is -0.137. The Kier molecular flexibility index (Phi) is 4.36. The van der Waals surface area contributed by atoms with Gasteiger partial charge in [-0.05, 0) is 43.7 Å². The van der Waals surface area contributed by atoms with Crippen LogP contribution in [0.15, 0.2) is 77.8 Å². The molecule has 1 aliphatic heterocycles. The van der Waals surface area contributed by atoms with Crippen LogP contribution < -0.4 is 0 Å². The van der Waals surface area contributed by atoms with Crippen molar-refractivity contribution in [2.24, 2.45) is 4.99 Å². The van der Waals surface area contributed by atoms with E-state index in [1.807, 2.05) is 62.4 Å². The van der Waals surface area contributed by atoms with Crippen molar-refractivity contribution >= 4 is 33.4 Å². The molecule has 154 valence electrons. The van der Waals surface area contributed by atoms with Crippen LogP contribution in [0.2, 0.25) is 0 Å². The molecular formula is C26H19F3N2. The highest BCUT2D eigenvalue weighted by Gasteiger charge is 2.31. The second-order valence-electron chi connectivity index (χ2n) is 7.71. The number of aromatic amines is 1. The molecule has 31 heavy (non-hydrogen) atoms. The number of H-pyrrole nitrogens is 1. The zero-order valence-electron chi connectivity index (χ0n) is 17.0. The number of allylic oxidation sites excluding steroid dienone is 1. The summed E-state index contributed by atoms with van der Waals surface area (Å²) >= 11 is 0. The van der Waals surface area contributed by atoms with E-state index in [1.54, 1.807) is 12.1 Å². The van der Waals surface area contributed by atoms with Crippen molar-refractivity contribution in [2.75, 3.05) is 0 Å². The molecule has 1 N–H and O–H groups in total. The summed E-state index contributed by atoms with van der Waals surface area (Å²) in [5, 5.41) is 1.03. The first-order chi connectivity index (χ1) is 14.8. The first-order valence-corrected chi connectivity index (χ1v) is 9.99. The van der Waals surface area contributed by atoms with E-state index in [0.717, 1.165) is 68.0 Å². The second-order valence-corrected chi connectivity index (χ2v) is 7.71. The number of aryl methyl sites for hydroxylation is 1. The Balaban J connectivity index is 1.85. The number of benzene rings is 3. The molecule has 3 aromatic carbocycles. The lowest BCUT2D eigenvalue weighted by Crippen LogP contribution is -2.05. The Bertz CT molecular complexity index is 1370. The quantitative estimate of drug-likeness (QED) is 0.349. The second kappa shape index (κ2) is 6.98. The highest BCUT2D eigenvalue weighted by molar-refractivity contribution is 6.36. The zero-order valence-corrected chi connectivity index (χ0v) is 17.0.